The molecule has 2 aromatic carbocycles. The lowest BCUT2D eigenvalue weighted by Gasteiger charge is -2.23. The number of thiol groups is 2. The smallest absolute Gasteiger partial charge is 0.103 e. The van der Waals surface area contributed by atoms with Crippen LogP contribution in [0.4, 0.5) is 0 Å². The Morgan fingerprint density at radius 3 is 2.06 bits per heavy atom. The maximum atomic E-state index is 5.47. The number of hydrogen-bond acceptors (Lipinski definition) is 8. The van der Waals surface area contributed by atoms with Crippen LogP contribution in [-0.2, 0) is 0 Å². The Labute approximate surface area is 325 Å². The van der Waals surface area contributed by atoms with Crippen LogP contribution in [0.5, 0.6) is 0 Å². The first-order valence-electron chi connectivity index (χ1n) is 18.3. The average Bonchev–Trinajstić information content (AvgIpc) is 3.93. The Balaban J connectivity index is -0.000000184. The minimum absolute atomic E-state index is 0. The molecule has 2 aliphatic carbocycles. The van der Waals surface area contributed by atoms with E-state index in [0.29, 0.717) is 11.8 Å². The summed E-state index contributed by atoms with van der Waals surface area (Å²) >= 11 is 9.04. The quantitative estimate of drug-likeness (QED) is 0.0228. The van der Waals surface area contributed by atoms with Crippen molar-refractivity contribution in [3.8, 4) is 0 Å². The van der Waals surface area contributed by atoms with Crippen molar-refractivity contribution in [3.05, 3.63) is 133 Å². The average molecular weight is 733 g/mol. The van der Waals surface area contributed by atoms with Gasteiger partial charge < -0.3 is 11.1 Å². The number of nitrogens with two attached hydrogens (primary N) is 1. The van der Waals surface area contributed by atoms with Crippen LogP contribution in [0, 0.1) is 11.8 Å². The number of nitrogens with one attached hydrogen (secondary N) is 5. The molecule has 0 heterocycles. The van der Waals surface area contributed by atoms with Gasteiger partial charge in [0, 0.05) is 33.5 Å². The fraction of sp³-hybridized carbons (Fsp3) is 0.476. The lowest BCUT2D eigenvalue weighted by Crippen LogP contribution is -2.41. The van der Waals surface area contributed by atoms with Crippen molar-refractivity contribution < 1.29 is 8.56 Å². The van der Waals surface area contributed by atoms with Gasteiger partial charge in [0.1, 0.15) is 11.0 Å². The van der Waals surface area contributed by atoms with Crippen molar-refractivity contribution in [2.45, 2.75) is 69.3 Å². The molecule has 6 unspecified atom stereocenters. The molecule has 1 saturated carbocycles. The highest BCUT2D eigenvalue weighted by Crippen LogP contribution is 2.46. The normalized spacial score (nSPS) is 18.2. The summed E-state index contributed by atoms with van der Waals surface area (Å²) in [4.78, 5) is 0. The van der Waals surface area contributed by atoms with E-state index in [1.54, 1.807) is 0 Å². The van der Waals surface area contributed by atoms with Crippen LogP contribution in [-0.4, -0.2) is 57.3 Å². The molecule has 50 heavy (non-hydrogen) atoms. The lowest BCUT2D eigenvalue weighted by molar-refractivity contribution is 0.510. The Morgan fingerprint density at radius 1 is 0.880 bits per heavy atom. The number of benzene rings is 2. The third-order valence-corrected chi connectivity index (χ3v) is 9.11. The van der Waals surface area contributed by atoms with Crippen molar-refractivity contribution >= 4 is 25.3 Å². The van der Waals surface area contributed by atoms with Gasteiger partial charge in [-0.15, -0.1) is 38.4 Å². The van der Waals surface area contributed by atoms with Crippen molar-refractivity contribution in [3.63, 3.8) is 0 Å². The maximum Gasteiger partial charge on any atom is 0.103 e. The second-order valence-electron chi connectivity index (χ2n) is 12.5. The van der Waals surface area contributed by atoms with E-state index in [-0.39, 0.29) is 19.6 Å². The number of hydrogen-bond donors (Lipinski definition) is 8. The SMILES string of the molecule is C=C.C=C/C=C(\C)C(CNC(S)NCCCNCCCN)c1ccccc1.CCC.CNC(S)NCC(C1=CC2CC2C=C1)c1ccccc1.[HH].[HH].[HH].[HH].[HH].[HH]. The summed E-state index contributed by atoms with van der Waals surface area (Å²) in [5.74, 6) is 2.32. The van der Waals surface area contributed by atoms with Gasteiger partial charge in [-0.2, -0.15) is 0 Å². The summed E-state index contributed by atoms with van der Waals surface area (Å²) in [6.07, 6.45) is 15.8. The molecule has 290 valence electrons. The van der Waals surface area contributed by atoms with E-state index in [0.717, 1.165) is 63.9 Å². The lowest BCUT2D eigenvalue weighted by atomic mass is 9.88. The van der Waals surface area contributed by atoms with Crippen molar-refractivity contribution in [1.29, 1.82) is 0 Å². The predicted molar refractivity (Wildman–Crippen MR) is 241 cm³/mol. The van der Waals surface area contributed by atoms with E-state index < -0.39 is 0 Å². The molecule has 7 N–H and O–H groups in total. The zero-order valence-electron chi connectivity index (χ0n) is 31.3. The van der Waals surface area contributed by atoms with Gasteiger partial charge in [-0.25, -0.2) is 0 Å². The van der Waals surface area contributed by atoms with E-state index in [1.807, 2.05) is 19.2 Å². The van der Waals surface area contributed by atoms with E-state index >= 15 is 0 Å². The van der Waals surface area contributed by atoms with Crippen molar-refractivity contribution in [1.82, 2.24) is 26.6 Å². The molecule has 0 aromatic heterocycles. The second kappa shape index (κ2) is 29.2. The molecule has 6 nitrogen and oxygen atoms in total. The highest BCUT2D eigenvalue weighted by Gasteiger charge is 2.36. The minimum Gasteiger partial charge on any atom is -0.330 e. The molecule has 0 amide bonds. The molecule has 0 saturated heterocycles. The first-order valence-corrected chi connectivity index (χ1v) is 19.3. The van der Waals surface area contributed by atoms with Crippen LogP contribution < -0.4 is 32.3 Å². The molecule has 0 bridgehead atoms. The van der Waals surface area contributed by atoms with E-state index in [2.05, 4.69) is 171 Å². The number of fused-ring (bicyclic) bond motifs is 1. The van der Waals surface area contributed by atoms with Gasteiger partial charge in [-0.1, -0.05) is 123 Å². The Morgan fingerprint density at radius 2 is 1.48 bits per heavy atom. The Bertz CT molecular complexity index is 1250. The number of rotatable bonds is 20. The fourth-order valence-electron chi connectivity index (χ4n) is 5.50. The van der Waals surface area contributed by atoms with E-state index in [1.165, 1.54) is 35.1 Å². The molecule has 0 spiro atoms. The summed E-state index contributed by atoms with van der Waals surface area (Å²) in [6, 6.07) is 21.3. The predicted octanol–water partition coefficient (Wildman–Crippen LogP) is 9.24. The van der Waals surface area contributed by atoms with Crippen LogP contribution in [0.1, 0.15) is 78.0 Å². The second-order valence-corrected chi connectivity index (χ2v) is 13.5. The van der Waals surface area contributed by atoms with Gasteiger partial charge in [-0.3, -0.25) is 21.3 Å². The largest absolute Gasteiger partial charge is 0.330 e. The van der Waals surface area contributed by atoms with Crippen LogP contribution >= 0.6 is 25.3 Å². The summed E-state index contributed by atoms with van der Waals surface area (Å²) in [5, 5.41) is 16.8. The van der Waals surface area contributed by atoms with Gasteiger partial charge in [0.15, 0.2) is 0 Å². The molecule has 1 fully saturated rings. The summed E-state index contributed by atoms with van der Waals surface area (Å²) in [5.41, 5.74) is 10.9. The van der Waals surface area contributed by atoms with E-state index in [4.69, 9.17) is 5.73 Å². The zero-order valence-corrected chi connectivity index (χ0v) is 33.1. The van der Waals surface area contributed by atoms with Gasteiger partial charge in [0.2, 0.25) is 0 Å². The van der Waals surface area contributed by atoms with Gasteiger partial charge in [0.05, 0.1) is 0 Å². The van der Waals surface area contributed by atoms with Crippen molar-refractivity contribution in [2.24, 2.45) is 17.6 Å². The standard InChI is InChI=1S/C20H34N4S.C17H22N2S.C3H8.C2H4.6H2/c1-3-9-17(2)19(18-10-5-4-6-11-18)16-24-20(25)23-15-8-14-22-13-7-12-21;1-18-17(20)19-11-16(12-5-3-2-4-6-12)14-8-7-13-9-15(13)10-14;1-3-2;1-2;;;;;;/h3-6,9-11,19-20,22-25H,1,7-8,12-16,21H2,2H3;2-8,10,13,15-20H,9,11H2,1H3;3H2,1-2H3;1-2H2;6*1H/b17-9+;;;;;;;;;. The zero-order chi connectivity index (χ0) is 37.0. The number of allylic oxidation sites excluding steroid dienone is 5. The van der Waals surface area contributed by atoms with Gasteiger partial charge >= 0.3 is 0 Å². The minimum atomic E-state index is -0.0215. The molecule has 2 aliphatic rings. The first kappa shape index (κ1) is 45.6. The highest BCUT2D eigenvalue weighted by molar-refractivity contribution is 7.81. The molecule has 4 rings (SSSR count). The summed E-state index contributed by atoms with van der Waals surface area (Å²) < 4.78 is 0. The molecule has 0 aliphatic heterocycles. The Hall–Kier alpha value is -2.40. The third kappa shape index (κ3) is 19.3. The molecular weight excluding hydrogens is 653 g/mol. The monoisotopic (exact) mass is 733 g/mol. The summed E-state index contributed by atoms with van der Waals surface area (Å²) in [6.45, 7) is 21.6. The van der Waals surface area contributed by atoms with Crippen LogP contribution in [0.15, 0.2) is 122 Å². The summed E-state index contributed by atoms with van der Waals surface area (Å²) in [7, 11) is 1.91. The topological polar surface area (TPSA) is 86.2 Å². The third-order valence-electron chi connectivity index (χ3n) is 8.30. The molecule has 8 heteroatoms. The van der Waals surface area contributed by atoms with E-state index in [9.17, 15) is 0 Å². The molecule has 6 atom stereocenters. The van der Waals surface area contributed by atoms with Gasteiger partial charge in [-0.05, 0) is 87.9 Å². The fourth-order valence-corrected chi connectivity index (χ4v) is 5.84. The maximum absolute atomic E-state index is 5.47. The van der Waals surface area contributed by atoms with Crippen LogP contribution in [0.2, 0.25) is 0 Å². The van der Waals surface area contributed by atoms with Gasteiger partial charge in [0.25, 0.3) is 0 Å². The highest BCUT2D eigenvalue weighted by atomic mass is 32.1. The Kier molecular flexibility index (Phi) is 26.6. The molecule has 2 aromatic rings. The van der Waals surface area contributed by atoms with Crippen LogP contribution in [0.3, 0.4) is 0 Å². The van der Waals surface area contributed by atoms with Crippen LogP contribution in [0.25, 0.3) is 0 Å². The first-order chi connectivity index (χ1) is 24.4. The molecular formula is C42H80N6S2. The molecule has 0 radical (unpaired) electrons. The van der Waals surface area contributed by atoms with Crippen molar-refractivity contribution in [2.75, 3.05) is 46.3 Å².